The molecule has 0 unspecified atom stereocenters. The minimum atomic E-state index is -0.0665. The number of H-pyrrole nitrogens is 1. The largest absolute Gasteiger partial charge is 0.370 e. The Labute approximate surface area is 109 Å². The Morgan fingerprint density at radius 2 is 2.21 bits per heavy atom. The number of imidazole rings is 1. The van der Waals surface area contributed by atoms with E-state index in [9.17, 15) is 4.79 Å². The summed E-state index contributed by atoms with van der Waals surface area (Å²) in [4.78, 5) is 18.7. The molecular weight excluding hydrogens is 240 g/mol. The van der Waals surface area contributed by atoms with Gasteiger partial charge in [-0.15, -0.1) is 0 Å². The zero-order valence-electron chi connectivity index (χ0n) is 10.3. The standard InChI is InChI=1S/C14H14N4O/c19-14-12-4-2-1-3-11(12)9-13(17-14)16-6-8-18-7-5-15-10-18/h1-5,7,9-10H,6,8H2,(H2,16,17,19). The molecule has 3 rings (SSSR count). The maximum absolute atomic E-state index is 11.9. The summed E-state index contributed by atoms with van der Waals surface area (Å²) < 4.78 is 1.98. The van der Waals surface area contributed by atoms with Crippen LogP contribution in [0.15, 0.2) is 53.8 Å². The first-order valence-corrected chi connectivity index (χ1v) is 6.14. The number of anilines is 1. The molecule has 2 aromatic heterocycles. The van der Waals surface area contributed by atoms with Crippen molar-refractivity contribution in [1.82, 2.24) is 14.5 Å². The third-order valence-electron chi connectivity index (χ3n) is 3.00. The smallest absolute Gasteiger partial charge is 0.257 e. The van der Waals surface area contributed by atoms with E-state index in [1.165, 1.54) is 0 Å². The maximum Gasteiger partial charge on any atom is 0.257 e. The minimum absolute atomic E-state index is 0.0665. The highest BCUT2D eigenvalue weighted by Gasteiger charge is 2.00. The van der Waals surface area contributed by atoms with Crippen LogP contribution in [0.5, 0.6) is 0 Å². The molecule has 0 radical (unpaired) electrons. The number of pyridine rings is 1. The Balaban J connectivity index is 1.76. The lowest BCUT2D eigenvalue weighted by atomic mass is 10.2. The van der Waals surface area contributed by atoms with Crippen molar-refractivity contribution in [2.24, 2.45) is 0 Å². The van der Waals surface area contributed by atoms with E-state index < -0.39 is 0 Å². The molecule has 0 aliphatic heterocycles. The molecule has 2 heterocycles. The molecule has 0 amide bonds. The minimum Gasteiger partial charge on any atom is -0.370 e. The van der Waals surface area contributed by atoms with Crippen LogP contribution in [0.4, 0.5) is 5.82 Å². The van der Waals surface area contributed by atoms with Crippen LogP contribution in [0, 0.1) is 0 Å². The van der Waals surface area contributed by atoms with E-state index in [0.29, 0.717) is 5.39 Å². The van der Waals surface area contributed by atoms with E-state index >= 15 is 0 Å². The van der Waals surface area contributed by atoms with E-state index in [1.54, 1.807) is 12.5 Å². The van der Waals surface area contributed by atoms with Crippen molar-refractivity contribution in [1.29, 1.82) is 0 Å². The number of aromatic nitrogens is 3. The molecule has 5 heteroatoms. The number of fused-ring (bicyclic) bond motifs is 1. The highest BCUT2D eigenvalue weighted by atomic mass is 16.1. The van der Waals surface area contributed by atoms with Crippen molar-refractivity contribution in [3.8, 4) is 0 Å². The van der Waals surface area contributed by atoms with Gasteiger partial charge in [0.15, 0.2) is 0 Å². The van der Waals surface area contributed by atoms with Crippen LogP contribution in [-0.2, 0) is 6.54 Å². The Bertz CT molecular complexity index is 731. The van der Waals surface area contributed by atoms with Crippen molar-refractivity contribution < 1.29 is 0 Å². The molecule has 1 aromatic carbocycles. The molecule has 0 atom stereocenters. The van der Waals surface area contributed by atoms with Gasteiger partial charge in [-0.25, -0.2) is 4.98 Å². The molecule has 0 bridgehead atoms. The average Bonchev–Trinajstić information content (AvgIpc) is 2.92. The Kier molecular flexibility index (Phi) is 3.02. The summed E-state index contributed by atoms with van der Waals surface area (Å²) in [7, 11) is 0. The second-order valence-corrected chi connectivity index (χ2v) is 4.33. The second kappa shape index (κ2) is 4.97. The first-order valence-electron chi connectivity index (χ1n) is 6.14. The van der Waals surface area contributed by atoms with Gasteiger partial charge in [-0.3, -0.25) is 4.79 Å². The van der Waals surface area contributed by atoms with Crippen molar-refractivity contribution in [3.63, 3.8) is 0 Å². The van der Waals surface area contributed by atoms with Crippen molar-refractivity contribution in [2.75, 3.05) is 11.9 Å². The summed E-state index contributed by atoms with van der Waals surface area (Å²) in [5.41, 5.74) is -0.0665. The predicted molar refractivity (Wildman–Crippen MR) is 75.3 cm³/mol. The second-order valence-electron chi connectivity index (χ2n) is 4.33. The van der Waals surface area contributed by atoms with Crippen LogP contribution < -0.4 is 10.9 Å². The molecule has 0 saturated heterocycles. The van der Waals surface area contributed by atoms with Gasteiger partial charge in [0.1, 0.15) is 5.82 Å². The third kappa shape index (κ3) is 2.49. The molecule has 0 saturated carbocycles. The van der Waals surface area contributed by atoms with Gasteiger partial charge in [0.05, 0.1) is 6.33 Å². The van der Waals surface area contributed by atoms with Crippen molar-refractivity contribution in [3.05, 3.63) is 59.4 Å². The Morgan fingerprint density at radius 1 is 1.32 bits per heavy atom. The summed E-state index contributed by atoms with van der Waals surface area (Å²) in [6.07, 6.45) is 5.42. The molecule has 0 spiro atoms. The number of nitrogens with zero attached hydrogens (tertiary/aromatic N) is 2. The Morgan fingerprint density at radius 3 is 3.05 bits per heavy atom. The number of nitrogens with one attached hydrogen (secondary N) is 2. The SMILES string of the molecule is O=c1[nH]c(NCCn2ccnc2)cc2ccccc12. The van der Waals surface area contributed by atoms with Crippen LogP contribution in [0.3, 0.4) is 0 Å². The van der Waals surface area contributed by atoms with Crippen LogP contribution in [0.25, 0.3) is 10.8 Å². The normalized spacial score (nSPS) is 10.7. The van der Waals surface area contributed by atoms with Crippen molar-refractivity contribution in [2.45, 2.75) is 6.54 Å². The van der Waals surface area contributed by atoms with Gasteiger partial charge >= 0.3 is 0 Å². The van der Waals surface area contributed by atoms with Crippen LogP contribution in [-0.4, -0.2) is 21.1 Å². The fourth-order valence-electron chi connectivity index (χ4n) is 2.04. The van der Waals surface area contributed by atoms with E-state index in [-0.39, 0.29) is 5.56 Å². The van der Waals surface area contributed by atoms with E-state index in [1.807, 2.05) is 41.1 Å². The zero-order valence-corrected chi connectivity index (χ0v) is 10.3. The van der Waals surface area contributed by atoms with Gasteiger partial charge in [-0.05, 0) is 17.5 Å². The number of hydrogen-bond acceptors (Lipinski definition) is 3. The van der Waals surface area contributed by atoms with Crippen molar-refractivity contribution >= 4 is 16.6 Å². The van der Waals surface area contributed by atoms with Gasteiger partial charge in [0, 0.05) is 30.9 Å². The van der Waals surface area contributed by atoms with E-state index in [4.69, 9.17) is 0 Å². The molecule has 96 valence electrons. The number of hydrogen-bond donors (Lipinski definition) is 2. The lowest BCUT2D eigenvalue weighted by molar-refractivity contribution is 0.725. The third-order valence-corrected chi connectivity index (χ3v) is 3.00. The number of rotatable bonds is 4. The lowest BCUT2D eigenvalue weighted by Gasteiger charge is -2.07. The molecule has 3 aromatic rings. The first-order chi connectivity index (χ1) is 9.33. The summed E-state index contributed by atoms with van der Waals surface area (Å²) in [6.45, 7) is 1.53. The Hall–Kier alpha value is -2.56. The van der Waals surface area contributed by atoms with E-state index in [2.05, 4.69) is 15.3 Å². The molecule has 0 aliphatic rings. The highest BCUT2D eigenvalue weighted by Crippen LogP contribution is 2.12. The summed E-state index contributed by atoms with van der Waals surface area (Å²) in [5, 5.41) is 4.86. The molecule has 2 N–H and O–H groups in total. The van der Waals surface area contributed by atoms with Crippen LogP contribution in [0.1, 0.15) is 0 Å². The van der Waals surface area contributed by atoms with Gasteiger partial charge in [0.2, 0.25) is 0 Å². The number of aromatic amines is 1. The summed E-state index contributed by atoms with van der Waals surface area (Å²) >= 11 is 0. The predicted octanol–water partition coefficient (Wildman–Crippen LogP) is 1.84. The quantitative estimate of drug-likeness (QED) is 0.746. The van der Waals surface area contributed by atoms with Gasteiger partial charge in [-0.1, -0.05) is 18.2 Å². The summed E-state index contributed by atoms with van der Waals surface area (Å²) in [5.74, 6) is 0.740. The molecular formula is C14H14N4O. The fraction of sp³-hybridized carbons (Fsp3) is 0.143. The molecule has 5 nitrogen and oxygen atoms in total. The highest BCUT2D eigenvalue weighted by molar-refractivity contribution is 5.83. The topological polar surface area (TPSA) is 62.7 Å². The zero-order chi connectivity index (χ0) is 13.1. The molecule has 0 fully saturated rings. The van der Waals surface area contributed by atoms with Gasteiger partial charge in [0.25, 0.3) is 5.56 Å². The lowest BCUT2D eigenvalue weighted by Crippen LogP contribution is -2.14. The van der Waals surface area contributed by atoms with Gasteiger partial charge in [-0.2, -0.15) is 0 Å². The van der Waals surface area contributed by atoms with Crippen LogP contribution in [0.2, 0.25) is 0 Å². The van der Waals surface area contributed by atoms with Gasteiger partial charge < -0.3 is 14.9 Å². The maximum atomic E-state index is 11.9. The molecule has 19 heavy (non-hydrogen) atoms. The molecule has 0 aliphatic carbocycles. The number of benzene rings is 1. The monoisotopic (exact) mass is 254 g/mol. The fourth-order valence-corrected chi connectivity index (χ4v) is 2.04. The van der Waals surface area contributed by atoms with E-state index in [0.717, 1.165) is 24.3 Å². The van der Waals surface area contributed by atoms with Crippen LogP contribution >= 0.6 is 0 Å². The summed E-state index contributed by atoms with van der Waals surface area (Å²) in [6, 6.07) is 9.50. The average molecular weight is 254 g/mol. The first kappa shape index (κ1) is 11.5.